The van der Waals surface area contributed by atoms with Crippen LogP contribution in [0.3, 0.4) is 0 Å². The van der Waals surface area contributed by atoms with Gasteiger partial charge in [-0.15, -0.1) is 0 Å². The van der Waals surface area contributed by atoms with Crippen molar-refractivity contribution in [3.8, 4) is 17.1 Å². The number of aromatic nitrogens is 2. The van der Waals surface area contributed by atoms with Crippen LogP contribution in [0.4, 0.5) is 19.0 Å². The van der Waals surface area contributed by atoms with E-state index in [9.17, 15) is 9.18 Å². The van der Waals surface area contributed by atoms with Gasteiger partial charge in [0.05, 0.1) is 5.56 Å². The summed E-state index contributed by atoms with van der Waals surface area (Å²) in [6, 6.07) is 6.88. The minimum Gasteiger partial charge on any atom is -0.462 e. The fourth-order valence-electron chi connectivity index (χ4n) is 6.69. The fraction of sp³-hybridized carbons (Fsp3) is 0.469. The molecule has 2 saturated heterocycles. The number of nitrogens with zero attached hydrogens (tertiary/aromatic N) is 5. The molecular formula is C32H36F3N5O2. The van der Waals surface area contributed by atoms with Gasteiger partial charge in [0.1, 0.15) is 23.8 Å². The summed E-state index contributed by atoms with van der Waals surface area (Å²) in [6.07, 6.45) is 5.74. The Morgan fingerprint density at radius 2 is 1.93 bits per heavy atom. The molecular weight excluding hydrogens is 543 g/mol. The zero-order valence-electron chi connectivity index (χ0n) is 24.1. The second-order valence-corrected chi connectivity index (χ2v) is 11.7. The molecule has 2 aliphatic heterocycles. The van der Waals surface area contributed by atoms with Crippen molar-refractivity contribution >= 4 is 22.6 Å². The number of benzene rings is 2. The van der Waals surface area contributed by atoms with E-state index in [0.29, 0.717) is 18.0 Å². The third-order valence-corrected chi connectivity index (χ3v) is 9.00. The van der Waals surface area contributed by atoms with Crippen molar-refractivity contribution in [2.45, 2.75) is 57.5 Å². The Hall–Kier alpha value is -3.66. The summed E-state index contributed by atoms with van der Waals surface area (Å²) in [7, 11) is 2.04. The van der Waals surface area contributed by atoms with Crippen LogP contribution in [-0.4, -0.2) is 77.6 Å². The Morgan fingerprint density at radius 1 is 1.12 bits per heavy atom. The molecule has 2 atom stereocenters. The number of carbonyl (C=O) groups is 1. The van der Waals surface area contributed by atoms with E-state index in [0.717, 1.165) is 56.2 Å². The third kappa shape index (κ3) is 5.21. The number of likely N-dealkylation sites (N-methyl/N-ethyl adjacent to an activating group) is 1. The minimum atomic E-state index is -1.02. The van der Waals surface area contributed by atoms with Crippen LogP contribution in [0.2, 0.25) is 0 Å². The van der Waals surface area contributed by atoms with Crippen molar-refractivity contribution in [3.63, 3.8) is 0 Å². The first-order valence-corrected chi connectivity index (χ1v) is 14.8. The fourth-order valence-corrected chi connectivity index (χ4v) is 6.69. The number of anilines is 1. The van der Waals surface area contributed by atoms with Crippen molar-refractivity contribution in [1.82, 2.24) is 19.8 Å². The first-order chi connectivity index (χ1) is 20.2. The van der Waals surface area contributed by atoms with Crippen molar-refractivity contribution in [2.75, 3.05) is 44.7 Å². The van der Waals surface area contributed by atoms with Crippen LogP contribution in [0.25, 0.3) is 22.0 Å². The highest BCUT2D eigenvalue weighted by molar-refractivity contribution is 5.95. The van der Waals surface area contributed by atoms with Crippen LogP contribution in [0.1, 0.15) is 43.7 Å². The molecule has 1 aliphatic carbocycles. The molecule has 0 bridgehead atoms. The lowest BCUT2D eigenvalue weighted by atomic mass is 9.85. The summed E-state index contributed by atoms with van der Waals surface area (Å²) in [6.45, 7) is 7.01. The van der Waals surface area contributed by atoms with E-state index in [1.54, 1.807) is 6.07 Å². The van der Waals surface area contributed by atoms with Gasteiger partial charge in [0.2, 0.25) is 0 Å². The SMILES string of the molecule is C=C(F)C(=O)N1CCN(c2nc(OC[C@@H]3CCCN3C)nc3c(F)c(-c4cccc5c4CCCC5)c(F)cc23)[C@@H](C)C1. The quantitative estimate of drug-likeness (QED) is 0.362. The molecule has 2 fully saturated rings. The van der Waals surface area contributed by atoms with Crippen molar-refractivity contribution in [1.29, 1.82) is 0 Å². The number of carbonyl (C=O) groups excluding carboxylic acids is 1. The molecule has 7 nitrogen and oxygen atoms in total. The van der Waals surface area contributed by atoms with Gasteiger partial charge in [-0.25, -0.2) is 13.2 Å². The molecule has 0 N–H and O–H groups in total. The highest BCUT2D eigenvalue weighted by Gasteiger charge is 2.32. The molecule has 1 amide bonds. The molecule has 2 aromatic carbocycles. The number of amides is 1. The number of hydrogen-bond donors (Lipinski definition) is 0. The Morgan fingerprint density at radius 3 is 2.67 bits per heavy atom. The van der Waals surface area contributed by atoms with E-state index in [2.05, 4.69) is 21.4 Å². The van der Waals surface area contributed by atoms with Gasteiger partial charge in [0.25, 0.3) is 5.91 Å². The van der Waals surface area contributed by atoms with Gasteiger partial charge in [0.15, 0.2) is 11.6 Å². The monoisotopic (exact) mass is 579 g/mol. The summed E-state index contributed by atoms with van der Waals surface area (Å²) >= 11 is 0. The number of fused-ring (bicyclic) bond motifs is 2. The van der Waals surface area contributed by atoms with Gasteiger partial charge in [-0.1, -0.05) is 24.8 Å². The van der Waals surface area contributed by atoms with Gasteiger partial charge in [0, 0.05) is 37.1 Å². The summed E-state index contributed by atoms with van der Waals surface area (Å²) in [4.78, 5) is 26.9. The normalized spacial score (nSPS) is 21.1. The lowest BCUT2D eigenvalue weighted by molar-refractivity contribution is -0.129. The second-order valence-electron chi connectivity index (χ2n) is 11.7. The van der Waals surface area contributed by atoms with E-state index in [-0.39, 0.29) is 54.2 Å². The van der Waals surface area contributed by atoms with E-state index >= 15 is 8.78 Å². The van der Waals surface area contributed by atoms with Crippen molar-refractivity contribution < 1.29 is 22.7 Å². The summed E-state index contributed by atoms with van der Waals surface area (Å²) in [5.74, 6) is -2.87. The number of rotatable bonds is 6. The first kappa shape index (κ1) is 28.5. The predicted octanol–water partition coefficient (Wildman–Crippen LogP) is 5.45. The van der Waals surface area contributed by atoms with Crippen molar-refractivity contribution in [2.24, 2.45) is 0 Å². The van der Waals surface area contributed by atoms with Crippen LogP contribution >= 0.6 is 0 Å². The van der Waals surface area contributed by atoms with Crippen molar-refractivity contribution in [3.05, 3.63) is 59.4 Å². The molecule has 6 rings (SSSR count). The standard InChI is InChI=1S/C32H36F3N5O2/c1-19-17-39(31(41)20(2)33)14-15-40(19)30-25-16-26(34)27(24-12-6-9-21-8-4-5-11-23(21)24)28(35)29(25)36-32(37-30)42-18-22-10-7-13-38(22)3/h6,9,12,16,19,22H,2,4-5,7-8,10-11,13-15,17-18H2,1,3H3/t19-,22-/m0/s1. The van der Waals surface area contributed by atoms with Gasteiger partial charge in [-0.2, -0.15) is 9.97 Å². The van der Waals surface area contributed by atoms with E-state index in [4.69, 9.17) is 4.74 Å². The Labute approximate surface area is 244 Å². The predicted molar refractivity (Wildman–Crippen MR) is 156 cm³/mol. The van der Waals surface area contributed by atoms with E-state index in [1.807, 2.05) is 31.0 Å². The largest absolute Gasteiger partial charge is 0.462 e. The molecule has 0 radical (unpaired) electrons. The van der Waals surface area contributed by atoms with Crippen LogP contribution in [0.5, 0.6) is 6.01 Å². The van der Waals surface area contributed by atoms with Gasteiger partial charge in [-0.05, 0) is 81.8 Å². The molecule has 0 unspecified atom stereocenters. The Kier molecular flexibility index (Phi) is 7.83. The lowest BCUT2D eigenvalue weighted by Crippen LogP contribution is -2.54. The van der Waals surface area contributed by atoms with E-state index in [1.165, 1.54) is 11.0 Å². The summed E-state index contributed by atoms with van der Waals surface area (Å²) in [5.41, 5.74) is 2.58. The lowest BCUT2D eigenvalue weighted by Gasteiger charge is -2.40. The summed E-state index contributed by atoms with van der Waals surface area (Å²) < 4.78 is 52.2. The van der Waals surface area contributed by atoms with Gasteiger partial charge in [-0.3, -0.25) is 4.79 Å². The molecule has 42 heavy (non-hydrogen) atoms. The number of piperazine rings is 1. The summed E-state index contributed by atoms with van der Waals surface area (Å²) in [5, 5.41) is 0.227. The molecule has 3 aromatic rings. The molecule has 3 aliphatic rings. The van der Waals surface area contributed by atoms with Crippen LogP contribution in [0.15, 0.2) is 36.7 Å². The number of halogens is 3. The molecule has 0 saturated carbocycles. The molecule has 0 spiro atoms. The minimum absolute atomic E-state index is 0.0116. The Bertz CT molecular complexity index is 1550. The topological polar surface area (TPSA) is 61.8 Å². The first-order valence-electron chi connectivity index (χ1n) is 14.8. The van der Waals surface area contributed by atoms with Crippen LogP contribution < -0.4 is 9.64 Å². The zero-order chi connectivity index (χ0) is 29.5. The number of likely N-dealkylation sites (tertiary alicyclic amines) is 1. The van der Waals surface area contributed by atoms with Crippen LogP contribution in [-0.2, 0) is 17.6 Å². The second kappa shape index (κ2) is 11.6. The highest BCUT2D eigenvalue weighted by atomic mass is 19.1. The smallest absolute Gasteiger partial charge is 0.319 e. The molecule has 222 valence electrons. The zero-order valence-corrected chi connectivity index (χ0v) is 24.1. The molecule has 1 aromatic heterocycles. The average Bonchev–Trinajstić information content (AvgIpc) is 3.40. The number of ether oxygens (including phenoxy) is 1. The van der Waals surface area contributed by atoms with Gasteiger partial charge >= 0.3 is 6.01 Å². The average molecular weight is 580 g/mol. The highest BCUT2D eigenvalue weighted by Crippen LogP contribution is 2.40. The number of hydrogen-bond acceptors (Lipinski definition) is 6. The maximum Gasteiger partial charge on any atom is 0.319 e. The third-order valence-electron chi connectivity index (χ3n) is 9.00. The Balaban J connectivity index is 1.45. The van der Waals surface area contributed by atoms with Gasteiger partial charge < -0.3 is 19.4 Å². The molecule has 10 heteroatoms. The van der Waals surface area contributed by atoms with E-state index < -0.39 is 23.4 Å². The van der Waals surface area contributed by atoms with Crippen LogP contribution in [0, 0.1) is 11.6 Å². The maximum atomic E-state index is 16.6. The maximum absolute atomic E-state index is 16.6. The number of aryl methyl sites for hydroxylation is 1. The molecule has 3 heterocycles.